The summed E-state index contributed by atoms with van der Waals surface area (Å²) in [5.74, 6) is 0.0823. The second kappa shape index (κ2) is 7.72. The third kappa shape index (κ3) is 5.99. The molecule has 1 amide bonds. The number of rotatable bonds is 7. The zero-order valence-electron chi connectivity index (χ0n) is 11.6. The lowest BCUT2D eigenvalue weighted by atomic mass is 10.0. The van der Waals surface area contributed by atoms with Crippen molar-refractivity contribution in [1.82, 2.24) is 5.32 Å². The number of carbonyl (C=O) groups is 1. The van der Waals surface area contributed by atoms with Gasteiger partial charge in [0.05, 0.1) is 10.6 Å². The first-order valence-electron chi connectivity index (χ1n) is 6.41. The monoisotopic (exact) mass is 319 g/mol. The fourth-order valence-electron chi connectivity index (χ4n) is 1.70. The summed E-state index contributed by atoms with van der Waals surface area (Å²) in [7, 11) is 0. The molecular weight excluding hydrogens is 301 g/mol. The summed E-state index contributed by atoms with van der Waals surface area (Å²) >= 11 is 11.7. The topological polar surface area (TPSA) is 58.6 Å². The molecule has 4 nitrogen and oxygen atoms in total. The van der Waals surface area contributed by atoms with E-state index in [1.165, 1.54) is 0 Å². The van der Waals surface area contributed by atoms with Crippen LogP contribution in [0.15, 0.2) is 18.2 Å². The average Bonchev–Trinajstić information content (AvgIpc) is 2.35. The van der Waals surface area contributed by atoms with Crippen LogP contribution in [0, 0.1) is 0 Å². The zero-order chi connectivity index (χ0) is 15.2. The quantitative estimate of drug-likeness (QED) is 0.812. The van der Waals surface area contributed by atoms with Gasteiger partial charge in [-0.3, -0.25) is 4.79 Å². The molecule has 1 aromatic rings. The largest absolute Gasteiger partial charge is 0.482 e. The predicted octanol–water partition coefficient (Wildman–Crippen LogP) is 3.04. The van der Waals surface area contributed by atoms with E-state index in [1.54, 1.807) is 25.1 Å². The van der Waals surface area contributed by atoms with Crippen molar-refractivity contribution in [3.8, 4) is 5.75 Å². The van der Waals surface area contributed by atoms with Gasteiger partial charge in [0.2, 0.25) is 0 Å². The normalized spacial score (nSPS) is 13.7. The van der Waals surface area contributed by atoms with E-state index in [-0.39, 0.29) is 19.1 Å². The number of benzene rings is 1. The van der Waals surface area contributed by atoms with Gasteiger partial charge in [-0.25, -0.2) is 0 Å². The van der Waals surface area contributed by atoms with Crippen molar-refractivity contribution in [2.75, 3.05) is 13.2 Å². The summed E-state index contributed by atoms with van der Waals surface area (Å²) in [6.07, 6.45) is 1.47. The maximum atomic E-state index is 11.6. The molecule has 1 atom stereocenters. The van der Waals surface area contributed by atoms with Gasteiger partial charge in [-0.15, -0.1) is 0 Å². The maximum absolute atomic E-state index is 11.6. The molecule has 0 aliphatic carbocycles. The first-order chi connectivity index (χ1) is 9.34. The van der Waals surface area contributed by atoms with Crippen molar-refractivity contribution < 1.29 is 14.6 Å². The van der Waals surface area contributed by atoms with Crippen molar-refractivity contribution >= 4 is 29.1 Å². The van der Waals surface area contributed by atoms with Gasteiger partial charge in [0.1, 0.15) is 5.75 Å². The minimum absolute atomic E-state index is 0.163. The highest BCUT2D eigenvalue weighted by Crippen LogP contribution is 2.27. The van der Waals surface area contributed by atoms with Crippen LogP contribution in [0.25, 0.3) is 0 Å². The summed E-state index contributed by atoms with van der Waals surface area (Å²) in [6.45, 7) is 3.69. The van der Waals surface area contributed by atoms with Crippen molar-refractivity contribution in [3.05, 3.63) is 28.2 Å². The van der Waals surface area contributed by atoms with Crippen LogP contribution in [-0.4, -0.2) is 29.8 Å². The smallest absolute Gasteiger partial charge is 0.258 e. The molecule has 0 aliphatic heterocycles. The number of aliphatic hydroxyl groups is 1. The molecule has 0 saturated carbocycles. The highest BCUT2D eigenvalue weighted by atomic mass is 35.5. The molecule has 1 aromatic carbocycles. The van der Waals surface area contributed by atoms with Gasteiger partial charge >= 0.3 is 0 Å². The summed E-state index contributed by atoms with van der Waals surface area (Å²) in [6, 6.07) is 4.78. The van der Waals surface area contributed by atoms with Gasteiger partial charge in [-0.2, -0.15) is 0 Å². The van der Waals surface area contributed by atoms with Crippen LogP contribution in [0.2, 0.25) is 10.0 Å². The van der Waals surface area contributed by atoms with E-state index in [0.29, 0.717) is 22.2 Å². The first-order valence-corrected chi connectivity index (χ1v) is 7.16. The highest BCUT2D eigenvalue weighted by molar-refractivity contribution is 6.35. The van der Waals surface area contributed by atoms with Crippen LogP contribution in [0.3, 0.4) is 0 Å². The third-order valence-electron chi connectivity index (χ3n) is 2.71. The molecule has 2 N–H and O–H groups in total. The number of hydrogen-bond acceptors (Lipinski definition) is 3. The van der Waals surface area contributed by atoms with Crippen LogP contribution in [0.1, 0.15) is 26.7 Å². The van der Waals surface area contributed by atoms with E-state index in [2.05, 4.69) is 5.32 Å². The highest BCUT2D eigenvalue weighted by Gasteiger charge is 2.19. The molecule has 0 heterocycles. The molecule has 0 radical (unpaired) electrons. The Morgan fingerprint density at radius 2 is 2.15 bits per heavy atom. The Balaban J connectivity index is 2.40. The lowest BCUT2D eigenvalue weighted by Crippen LogP contribution is -2.42. The lowest BCUT2D eigenvalue weighted by Gasteiger charge is -2.22. The summed E-state index contributed by atoms with van der Waals surface area (Å²) < 4.78 is 5.29. The molecule has 0 aromatic heterocycles. The van der Waals surface area contributed by atoms with E-state index in [0.717, 1.165) is 6.42 Å². The number of hydrogen-bond donors (Lipinski definition) is 2. The lowest BCUT2D eigenvalue weighted by molar-refractivity contribution is -0.124. The van der Waals surface area contributed by atoms with E-state index in [4.69, 9.17) is 27.9 Å². The van der Waals surface area contributed by atoms with Crippen LogP contribution >= 0.6 is 23.2 Å². The van der Waals surface area contributed by atoms with Crippen molar-refractivity contribution in [1.29, 1.82) is 0 Å². The molecule has 1 unspecified atom stereocenters. The molecule has 1 rings (SSSR count). The van der Waals surface area contributed by atoms with Gasteiger partial charge in [0.25, 0.3) is 5.91 Å². The van der Waals surface area contributed by atoms with Crippen molar-refractivity contribution in [2.24, 2.45) is 0 Å². The van der Waals surface area contributed by atoms with Crippen LogP contribution < -0.4 is 10.1 Å². The predicted molar refractivity (Wildman–Crippen MR) is 80.5 cm³/mol. The molecule has 0 bridgehead atoms. The SMILES string of the molecule is CCCC(C)(O)CNC(=O)COc1ccc(Cl)cc1Cl. The summed E-state index contributed by atoms with van der Waals surface area (Å²) in [5, 5.41) is 13.4. The second-order valence-electron chi connectivity index (χ2n) is 4.89. The Morgan fingerprint density at radius 1 is 1.45 bits per heavy atom. The summed E-state index contributed by atoms with van der Waals surface area (Å²) in [4.78, 5) is 11.6. The maximum Gasteiger partial charge on any atom is 0.258 e. The fourth-order valence-corrected chi connectivity index (χ4v) is 2.17. The Kier molecular flexibility index (Phi) is 6.59. The number of ether oxygens (including phenoxy) is 1. The molecule has 0 fully saturated rings. The number of halogens is 2. The van der Waals surface area contributed by atoms with Crippen molar-refractivity contribution in [2.45, 2.75) is 32.3 Å². The molecule has 20 heavy (non-hydrogen) atoms. The zero-order valence-corrected chi connectivity index (χ0v) is 13.1. The van der Waals surface area contributed by atoms with Crippen LogP contribution in [-0.2, 0) is 4.79 Å². The van der Waals surface area contributed by atoms with E-state index >= 15 is 0 Å². The third-order valence-corrected chi connectivity index (χ3v) is 3.24. The van der Waals surface area contributed by atoms with Crippen LogP contribution in [0.4, 0.5) is 0 Å². The van der Waals surface area contributed by atoms with Crippen LogP contribution in [0.5, 0.6) is 5.75 Å². The molecule has 112 valence electrons. The van der Waals surface area contributed by atoms with Gasteiger partial charge in [-0.05, 0) is 31.5 Å². The van der Waals surface area contributed by atoms with Gasteiger partial charge in [0, 0.05) is 11.6 Å². The van der Waals surface area contributed by atoms with E-state index < -0.39 is 5.60 Å². The minimum Gasteiger partial charge on any atom is -0.482 e. The Labute approximate surface area is 129 Å². The first kappa shape index (κ1) is 17.1. The summed E-state index contributed by atoms with van der Waals surface area (Å²) in [5.41, 5.74) is -0.900. The fraction of sp³-hybridized carbons (Fsp3) is 0.500. The number of nitrogens with one attached hydrogen (secondary N) is 1. The van der Waals surface area contributed by atoms with E-state index in [1.807, 2.05) is 6.92 Å². The Morgan fingerprint density at radius 3 is 2.75 bits per heavy atom. The molecule has 6 heteroatoms. The van der Waals surface area contributed by atoms with Gasteiger partial charge in [-0.1, -0.05) is 36.5 Å². The van der Waals surface area contributed by atoms with Gasteiger partial charge < -0.3 is 15.2 Å². The van der Waals surface area contributed by atoms with E-state index in [9.17, 15) is 9.90 Å². The average molecular weight is 320 g/mol. The number of amides is 1. The number of carbonyl (C=O) groups excluding carboxylic acids is 1. The molecular formula is C14H19Cl2NO3. The molecule has 0 aliphatic rings. The molecule has 0 spiro atoms. The minimum atomic E-state index is -0.900. The second-order valence-corrected chi connectivity index (χ2v) is 5.73. The van der Waals surface area contributed by atoms with Gasteiger partial charge in [0.15, 0.2) is 6.61 Å². The standard InChI is InChI=1S/C14H19Cl2NO3/c1-3-6-14(2,19)9-17-13(18)8-20-12-5-4-10(15)7-11(12)16/h4-5,7,19H,3,6,8-9H2,1-2H3,(H,17,18). The Hall–Kier alpha value is -0.970. The molecule has 0 saturated heterocycles. The van der Waals surface area contributed by atoms with Crippen molar-refractivity contribution in [3.63, 3.8) is 0 Å². The Bertz CT molecular complexity index is 464.